The van der Waals surface area contributed by atoms with Gasteiger partial charge in [-0.2, -0.15) is 0 Å². The molecule has 180 valence electrons. The molecule has 34 heavy (non-hydrogen) atoms. The van der Waals surface area contributed by atoms with E-state index in [1.54, 1.807) is 35.2 Å². The van der Waals surface area contributed by atoms with Gasteiger partial charge < -0.3 is 14.4 Å². The Morgan fingerprint density at radius 1 is 1.09 bits per heavy atom. The van der Waals surface area contributed by atoms with Crippen molar-refractivity contribution >= 4 is 23.4 Å². The minimum atomic E-state index is -0.841. The van der Waals surface area contributed by atoms with Crippen LogP contribution in [0.25, 0.3) is 0 Å². The normalized spacial score (nSPS) is 18.9. The van der Waals surface area contributed by atoms with Gasteiger partial charge in [0.05, 0.1) is 31.9 Å². The number of hydrogen-bond donors (Lipinski definition) is 0. The molecule has 0 spiro atoms. The first-order chi connectivity index (χ1) is 16.5. The van der Waals surface area contributed by atoms with E-state index in [1.165, 1.54) is 4.90 Å². The summed E-state index contributed by atoms with van der Waals surface area (Å²) in [7, 11) is 0. The number of aryl methyl sites for hydroxylation is 1. The van der Waals surface area contributed by atoms with E-state index >= 15 is 0 Å². The summed E-state index contributed by atoms with van der Waals surface area (Å²) >= 11 is 0. The zero-order valence-corrected chi connectivity index (χ0v) is 19.7. The number of amides is 3. The van der Waals surface area contributed by atoms with Crippen molar-refractivity contribution in [2.45, 2.75) is 26.3 Å². The fourth-order valence-electron chi connectivity index (χ4n) is 4.43. The lowest BCUT2D eigenvalue weighted by Crippen LogP contribution is -2.49. The number of anilines is 1. The van der Waals surface area contributed by atoms with Gasteiger partial charge >= 0.3 is 0 Å². The van der Waals surface area contributed by atoms with Crippen molar-refractivity contribution in [1.82, 2.24) is 9.80 Å². The summed E-state index contributed by atoms with van der Waals surface area (Å²) in [5.41, 5.74) is 1.87. The molecular weight excluding hydrogens is 434 g/mol. The molecule has 0 aromatic heterocycles. The van der Waals surface area contributed by atoms with E-state index in [-0.39, 0.29) is 24.1 Å². The molecule has 4 rings (SSSR count). The Morgan fingerprint density at radius 2 is 1.79 bits per heavy atom. The molecule has 1 unspecified atom stereocenters. The van der Waals surface area contributed by atoms with Gasteiger partial charge in [0.2, 0.25) is 5.91 Å². The fourth-order valence-corrected chi connectivity index (χ4v) is 4.43. The number of carbonyl (C=O) groups is 3. The van der Waals surface area contributed by atoms with Gasteiger partial charge in [-0.15, -0.1) is 0 Å². The minimum absolute atomic E-state index is 0.0349. The Bertz CT molecular complexity index is 1030. The predicted octanol–water partition coefficient (Wildman–Crippen LogP) is 2.50. The topological polar surface area (TPSA) is 79.4 Å². The van der Waals surface area contributed by atoms with E-state index in [1.807, 2.05) is 32.0 Å². The second kappa shape index (κ2) is 10.8. The molecule has 0 radical (unpaired) electrons. The predicted molar refractivity (Wildman–Crippen MR) is 128 cm³/mol. The van der Waals surface area contributed by atoms with E-state index in [4.69, 9.17) is 9.47 Å². The summed E-state index contributed by atoms with van der Waals surface area (Å²) in [6.45, 7) is 8.13. The molecule has 2 fully saturated rings. The summed E-state index contributed by atoms with van der Waals surface area (Å²) in [5, 5.41) is 0. The van der Waals surface area contributed by atoms with E-state index < -0.39 is 6.04 Å². The van der Waals surface area contributed by atoms with Crippen LogP contribution in [0.15, 0.2) is 48.5 Å². The molecule has 2 aliphatic rings. The van der Waals surface area contributed by atoms with Gasteiger partial charge in [-0.05, 0) is 49.7 Å². The zero-order chi connectivity index (χ0) is 24.1. The van der Waals surface area contributed by atoms with Gasteiger partial charge in [0.15, 0.2) is 0 Å². The van der Waals surface area contributed by atoms with Crippen molar-refractivity contribution in [3.63, 3.8) is 0 Å². The molecular formula is C26H31N3O5. The van der Waals surface area contributed by atoms with Crippen molar-refractivity contribution in [3.05, 3.63) is 59.7 Å². The smallest absolute Gasteiger partial charge is 0.257 e. The maximum Gasteiger partial charge on any atom is 0.257 e. The van der Waals surface area contributed by atoms with Gasteiger partial charge in [-0.3, -0.25) is 19.3 Å². The molecule has 1 atom stereocenters. The van der Waals surface area contributed by atoms with Crippen LogP contribution in [0.4, 0.5) is 5.69 Å². The van der Waals surface area contributed by atoms with Gasteiger partial charge in [0, 0.05) is 31.7 Å². The molecule has 8 heteroatoms. The second-order valence-corrected chi connectivity index (χ2v) is 8.48. The lowest BCUT2D eigenvalue weighted by atomic mass is 10.1. The molecule has 0 aliphatic carbocycles. The minimum Gasteiger partial charge on any atom is -0.494 e. The highest BCUT2D eigenvalue weighted by molar-refractivity contribution is 6.23. The van der Waals surface area contributed by atoms with Crippen LogP contribution in [-0.2, 0) is 14.3 Å². The van der Waals surface area contributed by atoms with Gasteiger partial charge in [0.25, 0.3) is 11.8 Å². The van der Waals surface area contributed by atoms with E-state index in [0.29, 0.717) is 49.9 Å². The highest BCUT2D eigenvalue weighted by Crippen LogP contribution is 2.28. The first-order valence-corrected chi connectivity index (χ1v) is 11.8. The van der Waals surface area contributed by atoms with Crippen LogP contribution in [0.3, 0.4) is 0 Å². The van der Waals surface area contributed by atoms with Gasteiger partial charge in [0.1, 0.15) is 11.8 Å². The van der Waals surface area contributed by atoms with Crippen LogP contribution in [0.5, 0.6) is 5.75 Å². The van der Waals surface area contributed by atoms with Crippen molar-refractivity contribution in [2.75, 3.05) is 50.9 Å². The number of carbonyl (C=O) groups excluding carboxylic acids is 3. The summed E-state index contributed by atoms with van der Waals surface area (Å²) in [6.07, 6.45) is -0.0349. The Morgan fingerprint density at radius 3 is 2.47 bits per heavy atom. The number of rotatable bonds is 8. The molecule has 2 aliphatic heterocycles. The van der Waals surface area contributed by atoms with Crippen molar-refractivity contribution in [2.24, 2.45) is 0 Å². The molecule has 2 heterocycles. The van der Waals surface area contributed by atoms with E-state index in [0.717, 1.165) is 18.7 Å². The fraction of sp³-hybridized carbons (Fsp3) is 0.423. The third-order valence-electron chi connectivity index (χ3n) is 6.30. The molecule has 2 saturated heterocycles. The van der Waals surface area contributed by atoms with E-state index in [2.05, 4.69) is 4.90 Å². The average molecular weight is 466 g/mol. The van der Waals surface area contributed by atoms with Crippen LogP contribution >= 0.6 is 0 Å². The maximum absolute atomic E-state index is 13.6. The van der Waals surface area contributed by atoms with E-state index in [9.17, 15) is 14.4 Å². The lowest BCUT2D eigenvalue weighted by molar-refractivity contribution is -0.122. The number of morpholine rings is 1. The Balaban J connectivity index is 1.58. The molecule has 2 aromatic carbocycles. The standard InChI is InChI=1S/C26H31N3O5/c1-3-34-21-10-8-20(9-11-21)29-24(30)18-23(26(29)32)28(13-12-27-14-16-33-17-15-27)25(31)22-7-5-4-6-19(22)2/h4-11,23H,3,12-18H2,1-2H3. The number of nitrogens with zero attached hydrogens (tertiary/aromatic N) is 3. The van der Waals surface area contributed by atoms with Crippen molar-refractivity contribution in [1.29, 1.82) is 0 Å². The highest BCUT2D eigenvalue weighted by atomic mass is 16.5. The maximum atomic E-state index is 13.6. The van der Waals surface area contributed by atoms with Crippen molar-refractivity contribution in [3.8, 4) is 5.75 Å². The number of benzene rings is 2. The van der Waals surface area contributed by atoms with Crippen molar-refractivity contribution < 1.29 is 23.9 Å². The van der Waals surface area contributed by atoms with Crippen LogP contribution in [0.2, 0.25) is 0 Å². The molecule has 2 aromatic rings. The quantitative estimate of drug-likeness (QED) is 0.558. The molecule has 3 amide bonds. The SMILES string of the molecule is CCOc1ccc(N2C(=O)CC(N(CCN3CCOCC3)C(=O)c3ccccc3C)C2=O)cc1. The number of ether oxygens (including phenoxy) is 2. The Kier molecular flexibility index (Phi) is 7.59. The summed E-state index contributed by atoms with van der Waals surface area (Å²) in [5.74, 6) is -0.249. The second-order valence-electron chi connectivity index (χ2n) is 8.48. The highest BCUT2D eigenvalue weighted by Gasteiger charge is 2.44. The Hall–Kier alpha value is -3.23. The average Bonchev–Trinajstić information content (AvgIpc) is 3.14. The molecule has 8 nitrogen and oxygen atoms in total. The number of imide groups is 1. The summed E-state index contributed by atoms with van der Waals surface area (Å²) in [6, 6.07) is 13.4. The zero-order valence-electron chi connectivity index (χ0n) is 19.7. The number of hydrogen-bond acceptors (Lipinski definition) is 6. The molecule has 0 bridgehead atoms. The lowest BCUT2D eigenvalue weighted by Gasteiger charge is -2.32. The largest absolute Gasteiger partial charge is 0.494 e. The van der Waals surface area contributed by atoms with Crippen LogP contribution in [0, 0.1) is 6.92 Å². The summed E-state index contributed by atoms with van der Waals surface area (Å²) in [4.78, 5) is 45.0. The summed E-state index contributed by atoms with van der Waals surface area (Å²) < 4.78 is 10.9. The molecule has 0 saturated carbocycles. The first-order valence-electron chi connectivity index (χ1n) is 11.8. The third-order valence-corrected chi connectivity index (χ3v) is 6.30. The third kappa shape index (κ3) is 5.13. The Labute approximate surface area is 200 Å². The van der Waals surface area contributed by atoms with Crippen LogP contribution in [0.1, 0.15) is 29.3 Å². The van der Waals surface area contributed by atoms with Gasteiger partial charge in [-0.25, -0.2) is 4.90 Å². The van der Waals surface area contributed by atoms with Crippen LogP contribution < -0.4 is 9.64 Å². The first kappa shape index (κ1) is 23.9. The van der Waals surface area contributed by atoms with Crippen LogP contribution in [-0.4, -0.2) is 79.6 Å². The monoisotopic (exact) mass is 465 g/mol. The molecule has 0 N–H and O–H groups in total. The van der Waals surface area contributed by atoms with Gasteiger partial charge in [-0.1, -0.05) is 18.2 Å².